The Morgan fingerprint density at radius 1 is 1.05 bits per heavy atom. The van der Waals surface area contributed by atoms with E-state index in [0.29, 0.717) is 6.42 Å². The van der Waals surface area contributed by atoms with Gasteiger partial charge < -0.3 is 14.8 Å². The number of carbonyl (C=O) groups is 1. The molecule has 0 amide bonds. The monoisotopic (exact) mass is 267 g/mol. The Labute approximate surface area is 116 Å². The van der Waals surface area contributed by atoms with Crippen LogP contribution in [0.4, 0.5) is 5.69 Å². The lowest BCUT2D eigenvalue weighted by Gasteiger charge is -2.27. The Hall–Kier alpha value is -2.49. The first-order valence-electron chi connectivity index (χ1n) is 6.60. The number of para-hydroxylation sites is 2. The van der Waals surface area contributed by atoms with Crippen LogP contribution in [0.1, 0.15) is 28.4 Å². The van der Waals surface area contributed by atoms with Crippen LogP contribution in [-0.4, -0.2) is 12.6 Å². The molecule has 0 spiro atoms. The molecule has 2 aliphatic rings. The molecule has 2 aliphatic heterocycles. The van der Waals surface area contributed by atoms with Gasteiger partial charge in [0.25, 0.3) is 0 Å². The summed E-state index contributed by atoms with van der Waals surface area (Å²) in [6.45, 7) is 0.240. The Morgan fingerprint density at radius 3 is 2.90 bits per heavy atom. The van der Waals surface area contributed by atoms with E-state index in [9.17, 15) is 4.79 Å². The largest absolute Gasteiger partial charge is 0.454 e. The maximum absolute atomic E-state index is 12.3. The van der Waals surface area contributed by atoms with E-state index in [1.807, 2.05) is 42.5 Å². The summed E-state index contributed by atoms with van der Waals surface area (Å²) in [5, 5.41) is 3.42. The van der Waals surface area contributed by atoms with Crippen molar-refractivity contribution in [3.05, 3.63) is 53.6 Å². The highest BCUT2D eigenvalue weighted by molar-refractivity contribution is 6.03. The van der Waals surface area contributed by atoms with Crippen molar-refractivity contribution in [3.8, 4) is 11.5 Å². The molecule has 4 rings (SSSR count). The third kappa shape index (κ3) is 1.65. The summed E-state index contributed by atoms with van der Waals surface area (Å²) in [7, 11) is 0. The van der Waals surface area contributed by atoms with Crippen LogP contribution in [0.25, 0.3) is 0 Å². The summed E-state index contributed by atoms with van der Waals surface area (Å²) >= 11 is 0. The van der Waals surface area contributed by atoms with Crippen LogP contribution in [0.3, 0.4) is 0 Å². The average Bonchev–Trinajstić information content (AvgIpc) is 2.95. The van der Waals surface area contributed by atoms with Gasteiger partial charge in [-0.05, 0) is 18.2 Å². The molecular formula is C16H13NO3. The van der Waals surface area contributed by atoms with Crippen molar-refractivity contribution >= 4 is 11.5 Å². The van der Waals surface area contributed by atoms with Gasteiger partial charge in [-0.3, -0.25) is 4.79 Å². The lowest BCUT2D eigenvalue weighted by atomic mass is 9.92. The van der Waals surface area contributed by atoms with Crippen LogP contribution in [0.5, 0.6) is 11.5 Å². The Morgan fingerprint density at radius 2 is 1.95 bits per heavy atom. The van der Waals surface area contributed by atoms with Gasteiger partial charge in [-0.25, -0.2) is 0 Å². The summed E-state index contributed by atoms with van der Waals surface area (Å²) < 4.78 is 10.9. The molecule has 4 heteroatoms. The molecule has 100 valence electrons. The summed E-state index contributed by atoms with van der Waals surface area (Å²) in [5.41, 5.74) is 2.61. The van der Waals surface area contributed by atoms with Gasteiger partial charge in [0, 0.05) is 23.2 Å². The van der Waals surface area contributed by atoms with Crippen LogP contribution in [-0.2, 0) is 0 Å². The lowest BCUT2D eigenvalue weighted by molar-refractivity contribution is 0.0972. The van der Waals surface area contributed by atoms with E-state index in [1.54, 1.807) is 0 Å². The summed E-state index contributed by atoms with van der Waals surface area (Å²) in [6.07, 6.45) is 0.427. The standard InChI is InChI=1S/C16H13NO3/c18-14-8-13(17-12-6-2-1-4-10(12)14)11-5-3-7-15-16(11)20-9-19-15/h1-7,13,17H,8-9H2. The van der Waals surface area contributed by atoms with E-state index in [1.165, 1.54) is 0 Å². The zero-order valence-electron chi connectivity index (χ0n) is 10.8. The van der Waals surface area contributed by atoms with Crippen LogP contribution >= 0.6 is 0 Å². The van der Waals surface area contributed by atoms with E-state index in [2.05, 4.69) is 5.32 Å². The predicted molar refractivity (Wildman–Crippen MR) is 74.3 cm³/mol. The molecule has 2 aromatic rings. The number of rotatable bonds is 1. The van der Waals surface area contributed by atoms with Gasteiger partial charge in [0.05, 0.1) is 6.04 Å². The number of hydrogen-bond donors (Lipinski definition) is 1. The molecule has 0 bridgehead atoms. The molecule has 20 heavy (non-hydrogen) atoms. The second-order valence-electron chi connectivity index (χ2n) is 4.95. The zero-order chi connectivity index (χ0) is 13.5. The van der Waals surface area contributed by atoms with Crippen molar-refractivity contribution in [1.29, 1.82) is 0 Å². The van der Waals surface area contributed by atoms with Crippen molar-refractivity contribution in [2.75, 3.05) is 12.1 Å². The first-order chi connectivity index (χ1) is 9.83. The summed E-state index contributed by atoms with van der Waals surface area (Å²) in [4.78, 5) is 12.3. The molecule has 0 aliphatic carbocycles. The molecule has 1 unspecified atom stereocenters. The maximum atomic E-state index is 12.3. The minimum Gasteiger partial charge on any atom is -0.454 e. The average molecular weight is 267 g/mol. The summed E-state index contributed by atoms with van der Waals surface area (Å²) in [6, 6.07) is 13.3. The third-order valence-electron chi connectivity index (χ3n) is 3.75. The highest BCUT2D eigenvalue weighted by atomic mass is 16.7. The van der Waals surface area contributed by atoms with Gasteiger partial charge in [0.2, 0.25) is 6.79 Å². The maximum Gasteiger partial charge on any atom is 0.231 e. The van der Waals surface area contributed by atoms with E-state index < -0.39 is 0 Å². The van der Waals surface area contributed by atoms with E-state index in [4.69, 9.17) is 9.47 Å². The van der Waals surface area contributed by atoms with E-state index in [-0.39, 0.29) is 18.6 Å². The number of carbonyl (C=O) groups excluding carboxylic acids is 1. The first kappa shape index (κ1) is 11.3. The molecular weight excluding hydrogens is 254 g/mol. The molecule has 4 nitrogen and oxygen atoms in total. The fraction of sp³-hybridized carbons (Fsp3) is 0.188. The number of anilines is 1. The number of ether oxygens (including phenoxy) is 2. The molecule has 0 saturated heterocycles. The predicted octanol–water partition coefficient (Wildman–Crippen LogP) is 3.15. The van der Waals surface area contributed by atoms with Gasteiger partial charge in [-0.1, -0.05) is 24.3 Å². The molecule has 1 atom stereocenters. The van der Waals surface area contributed by atoms with Crippen LogP contribution in [0.2, 0.25) is 0 Å². The quantitative estimate of drug-likeness (QED) is 0.862. The highest BCUT2D eigenvalue weighted by Crippen LogP contribution is 2.42. The topological polar surface area (TPSA) is 47.6 Å². The lowest BCUT2D eigenvalue weighted by Crippen LogP contribution is -2.22. The number of nitrogens with one attached hydrogen (secondary N) is 1. The van der Waals surface area contributed by atoms with Gasteiger partial charge in [0.15, 0.2) is 17.3 Å². The molecule has 0 fully saturated rings. The van der Waals surface area contributed by atoms with Gasteiger partial charge >= 0.3 is 0 Å². The molecule has 2 heterocycles. The number of ketones is 1. The van der Waals surface area contributed by atoms with Crippen LogP contribution in [0.15, 0.2) is 42.5 Å². The second-order valence-corrected chi connectivity index (χ2v) is 4.95. The smallest absolute Gasteiger partial charge is 0.231 e. The van der Waals surface area contributed by atoms with Crippen LogP contribution in [0, 0.1) is 0 Å². The minimum atomic E-state index is -0.0750. The Kier molecular flexibility index (Phi) is 2.42. The molecule has 1 N–H and O–H groups in total. The fourth-order valence-electron chi connectivity index (χ4n) is 2.80. The summed E-state index contributed by atoms with van der Waals surface area (Å²) in [5.74, 6) is 1.65. The van der Waals surface area contributed by atoms with Crippen molar-refractivity contribution in [2.24, 2.45) is 0 Å². The van der Waals surface area contributed by atoms with Crippen LogP contribution < -0.4 is 14.8 Å². The van der Waals surface area contributed by atoms with E-state index in [0.717, 1.165) is 28.3 Å². The van der Waals surface area contributed by atoms with Crippen molar-refractivity contribution < 1.29 is 14.3 Å². The zero-order valence-corrected chi connectivity index (χ0v) is 10.8. The minimum absolute atomic E-state index is 0.0750. The fourth-order valence-corrected chi connectivity index (χ4v) is 2.80. The van der Waals surface area contributed by atoms with E-state index >= 15 is 0 Å². The van der Waals surface area contributed by atoms with Gasteiger partial charge in [-0.2, -0.15) is 0 Å². The van der Waals surface area contributed by atoms with Gasteiger partial charge in [0.1, 0.15) is 0 Å². The SMILES string of the molecule is O=C1CC(c2cccc3c2OCO3)Nc2ccccc21. The first-order valence-corrected chi connectivity index (χ1v) is 6.60. The molecule has 2 aromatic carbocycles. The molecule has 0 radical (unpaired) electrons. The van der Waals surface area contributed by atoms with Gasteiger partial charge in [-0.15, -0.1) is 0 Å². The number of Topliss-reactive ketones (excluding diaryl/α,β-unsaturated/α-hetero) is 1. The Bertz CT molecular complexity index is 696. The normalized spacial score (nSPS) is 19.4. The number of benzene rings is 2. The number of hydrogen-bond acceptors (Lipinski definition) is 4. The van der Waals surface area contributed by atoms with Crippen molar-refractivity contribution in [1.82, 2.24) is 0 Å². The Balaban J connectivity index is 1.76. The number of fused-ring (bicyclic) bond motifs is 2. The van der Waals surface area contributed by atoms with Crippen molar-refractivity contribution in [3.63, 3.8) is 0 Å². The highest BCUT2D eigenvalue weighted by Gasteiger charge is 2.29. The second kappa shape index (κ2) is 4.27. The van der Waals surface area contributed by atoms with Crippen molar-refractivity contribution in [2.45, 2.75) is 12.5 Å². The molecule has 0 aromatic heterocycles. The molecule has 0 saturated carbocycles. The third-order valence-corrected chi connectivity index (χ3v) is 3.75.